The molecule has 0 saturated carbocycles. The van der Waals surface area contributed by atoms with Crippen LogP contribution in [0, 0.1) is 5.41 Å². The van der Waals surface area contributed by atoms with Crippen LogP contribution in [-0.4, -0.2) is 35.5 Å². The Morgan fingerprint density at radius 1 is 1.00 bits per heavy atom. The van der Waals surface area contributed by atoms with Gasteiger partial charge in [-0.1, -0.05) is 57.6 Å². The minimum atomic E-state index is -0.645. The van der Waals surface area contributed by atoms with Gasteiger partial charge in [-0.15, -0.1) is 0 Å². The van der Waals surface area contributed by atoms with Gasteiger partial charge in [0.25, 0.3) is 0 Å². The van der Waals surface area contributed by atoms with Crippen LogP contribution in [-0.2, 0) is 9.53 Å². The molecule has 0 aromatic heterocycles. The number of unbranched alkanes of at least 4 members (excludes halogenated alkanes) is 6. The van der Waals surface area contributed by atoms with Gasteiger partial charge in [-0.2, -0.15) is 0 Å². The minimum absolute atomic E-state index is 0.133. The number of aliphatic hydroxyl groups is 2. The van der Waals surface area contributed by atoms with Crippen LogP contribution >= 0.6 is 0 Å². The highest BCUT2D eigenvalue weighted by Gasteiger charge is 2.27. The van der Waals surface area contributed by atoms with Gasteiger partial charge in [0.2, 0.25) is 0 Å². The van der Waals surface area contributed by atoms with Crippen molar-refractivity contribution in [1.82, 2.24) is 0 Å². The smallest absolute Gasteiger partial charge is 0.311 e. The topological polar surface area (TPSA) is 66.8 Å². The summed E-state index contributed by atoms with van der Waals surface area (Å²) in [5.74, 6) is -0.133. The Bertz CT molecular complexity index is 363. The number of aliphatic hydroxyl groups excluding tert-OH is 2. The number of hydrogen-bond donors (Lipinski definition) is 2. The maximum absolute atomic E-state index is 11.6. The van der Waals surface area contributed by atoms with Crippen molar-refractivity contribution in [2.75, 3.05) is 7.11 Å². The van der Waals surface area contributed by atoms with E-state index in [1.165, 1.54) is 7.11 Å². The molecule has 0 heterocycles. The molecule has 4 nitrogen and oxygen atoms in total. The molecular formula is C21H40O4. The largest absolute Gasteiger partial charge is 0.469 e. The molecule has 148 valence electrons. The van der Waals surface area contributed by atoms with E-state index in [9.17, 15) is 15.0 Å². The summed E-state index contributed by atoms with van der Waals surface area (Å²) in [6.45, 7) is 6.00. The van der Waals surface area contributed by atoms with Crippen molar-refractivity contribution in [3.05, 3.63) is 12.2 Å². The maximum atomic E-state index is 11.6. The Labute approximate surface area is 154 Å². The van der Waals surface area contributed by atoms with Crippen molar-refractivity contribution >= 4 is 5.97 Å². The molecule has 0 aromatic rings. The lowest BCUT2D eigenvalue weighted by Crippen LogP contribution is -2.25. The molecule has 2 atom stereocenters. The van der Waals surface area contributed by atoms with Gasteiger partial charge in [0.1, 0.15) is 0 Å². The highest BCUT2D eigenvalue weighted by atomic mass is 16.5. The van der Waals surface area contributed by atoms with Crippen molar-refractivity contribution < 1.29 is 19.7 Å². The molecule has 0 amide bonds. The van der Waals surface area contributed by atoms with Crippen LogP contribution in [0.5, 0.6) is 0 Å². The molecule has 0 saturated heterocycles. The third-order valence-corrected chi connectivity index (χ3v) is 4.75. The lowest BCUT2D eigenvalue weighted by Gasteiger charge is -2.20. The number of methoxy groups -OCH3 is 1. The standard InChI is InChI=1S/C21H40O4/c1-5-6-12-15-18(22)19(23)16-13-10-8-7-9-11-14-17-21(2,3)20(24)25-4/h10,13,18-19,22-23H,5-9,11-12,14-17H2,1-4H3/b13-10-. The average Bonchev–Trinajstić information content (AvgIpc) is 2.59. The third kappa shape index (κ3) is 12.2. The van der Waals surface area contributed by atoms with Gasteiger partial charge in [-0.05, 0) is 46.0 Å². The zero-order valence-electron chi connectivity index (χ0n) is 16.8. The number of rotatable bonds is 15. The molecule has 0 aliphatic rings. The number of ether oxygens (including phenoxy) is 1. The average molecular weight is 357 g/mol. The van der Waals surface area contributed by atoms with Crippen LogP contribution in [0.15, 0.2) is 12.2 Å². The van der Waals surface area contributed by atoms with Gasteiger partial charge in [0, 0.05) is 0 Å². The fourth-order valence-corrected chi connectivity index (χ4v) is 2.87. The molecule has 0 aromatic carbocycles. The number of carbonyl (C=O) groups is 1. The van der Waals surface area contributed by atoms with Crippen LogP contribution < -0.4 is 0 Å². The summed E-state index contributed by atoms with van der Waals surface area (Å²) in [7, 11) is 1.44. The number of esters is 1. The predicted molar refractivity (Wildman–Crippen MR) is 103 cm³/mol. The van der Waals surface area contributed by atoms with E-state index in [0.717, 1.165) is 57.8 Å². The second-order valence-corrected chi connectivity index (χ2v) is 7.67. The summed E-state index contributed by atoms with van der Waals surface area (Å²) < 4.78 is 4.81. The summed E-state index contributed by atoms with van der Waals surface area (Å²) in [5, 5.41) is 19.7. The van der Waals surface area contributed by atoms with Crippen molar-refractivity contribution in [3.63, 3.8) is 0 Å². The van der Waals surface area contributed by atoms with E-state index in [1.54, 1.807) is 0 Å². The van der Waals surface area contributed by atoms with Crippen molar-refractivity contribution in [3.8, 4) is 0 Å². The van der Waals surface area contributed by atoms with Crippen molar-refractivity contribution in [1.29, 1.82) is 0 Å². The van der Waals surface area contributed by atoms with E-state index in [2.05, 4.69) is 13.0 Å². The molecule has 0 fully saturated rings. The Hall–Kier alpha value is -0.870. The van der Waals surface area contributed by atoms with Gasteiger partial charge in [0.15, 0.2) is 0 Å². The predicted octanol–water partition coefficient (Wildman–Crippen LogP) is 4.77. The van der Waals surface area contributed by atoms with E-state index >= 15 is 0 Å². The van der Waals surface area contributed by atoms with Gasteiger partial charge >= 0.3 is 5.97 Å². The van der Waals surface area contributed by atoms with Crippen LogP contribution in [0.1, 0.15) is 91.4 Å². The normalized spacial score (nSPS) is 14.6. The number of hydrogen-bond acceptors (Lipinski definition) is 4. The van der Waals surface area contributed by atoms with Crippen LogP contribution in [0.25, 0.3) is 0 Å². The van der Waals surface area contributed by atoms with Crippen molar-refractivity contribution in [2.24, 2.45) is 5.41 Å². The zero-order chi connectivity index (χ0) is 19.1. The maximum Gasteiger partial charge on any atom is 0.311 e. The lowest BCUT2D eigenvalue weighted by molar-refractivity contribution is -0.151. The Morgan fingerprint density at radius 3 is 2.32 bits per heavy atom. The molecule has 0 radical (unpaired) electrons. The third-order valence-electron chi connectivity index (χ3n) is 4.75. The van der Waals surface area contributed by atoms with Crippen LogP contribution in [0.3, 0.4) is 0 Å². The molecule has 0 spiro atoms. The van der Waals surface area contributed by atoms with Gasteiger partial charge in [-0.25, -0.2) is 0 Å². The first-order valence-electron chi connectivity index (χ1n) is 9.94. The first-order valence-corrected chi connectivity index (χ1v) is 9.94. The zero-order valence-corrected chi connectivity index (χ0v) is 16.8. The first kappa shape index (κ1) is 24.1. The van der Waals surface area contributed by atoms with Gasteiger partial charge < -0.3 is 14.9 Å². The molecule has 25 heavy (non-hydrogen) atoms. The van der Waals surface area contributed by atoms with E-state index in [-0.39, 0.29) is 11.4 Å². The summed E-state index contributed by atoms with van der Waals surface area (Å²) in [4.78, 5) is 11.6. The molecular weight excluding hydrogens is 316 g/mol. The molecule has 0 aliphatic heterocycles. The Morgan fingerprint density at radius 2 is 1.68 bits per heavy atom. The fraction of sp³-hybridized carbons (Fsp3) is 0.857. The molecule has 2 unspecified atom stereocenters. The van der Waals surface area contributed by atoms with Gasteiger partial charge in [-0.3, -0.25) is 4.79 Å². The Balaban J connectivity index is 3.65. The number of allylic oxidation sites excluding steroid dienone is 1. The van der Waals surface area contributed by atoms with E-state index in [1.807, 2.05) is 19.9 Å². The van der Waals surface area contributed by atoms with Crippen LogP contribution in [0.4, 0.5) is 0 Å². The summed E-state index contributed by atoms with van der Waals surface area (Å²) in [5.41, 5.74) is -0.386. The first-order chi connectivity index (χ1) is 11.8. The molecule has 0 rings (SSSR count). The summed E-state index contributed by atoms with van der Waals surface area (Å²) in [6.07, 6.45) is 13.5. The second kappa shape index (κ2) is 14.3. The quantitative estimate of drug-likeness (QED) is 0.252. The van der Waals surface area contributed by atoms with Crippen LogP contribution in [0.2, 0.25) is 0 Å². The summed E-state index contributed by atoms with van der Waals surface area (Å²) in [6, 6.07) is 0. The van der Waals surface area contributed by atoms with E-state index in [0.29, 0.717) is 12.8 Å². The highest BCUT2D eigenvalue weighted by Crippen LogP contribution is 2.25. The number of carbonyl (C=O) groups excluding carboxylic acids is 1. The van der Waals surface area contributed by atoms with E-state index < -0.39 is 12.2 Å². The lowest BCUT2D eigenvalue weighted by atomic mass is 9.87. The van der Waals surface area contributed by atoms with Gasteiger partial charge in [0.05, 0.1) is 24.7 Å². The molecule has 0 aliphatic carbocycles. The SMILES string of the molecule is CCCCCC(O)C(O)C/C=C\CCCCCCC(C)(C)C(=O)OC. The monoisotopic (exact) mass is 356 g/mol. The highest BCUT2D eigenvalue weighted by molar-refractivity contribution is 5.75. The summed E-state index contributed by atoms with van der Waals surface area (Å²) >= 11 is 0. The molecule has 2 N–H and O–H groups in total. The minimum Gasteiger partial charge on any atom is -0.469 e. The fourth-order valence-electron chi connectivity index (χ4n) is 2.87. The Kier molecular flexibility index (Phi) is 13.8. The van der Waals surface area contributed by atoms with E-state index in [4.69, 9.17) is 4.74 Å². The molecule has 4 heteroatoms. The van der Waals surface area contributed by atoms with Crippen molar-refractivity contribution in [2.45, 2.75) is 104 Å². The molecule has 0 bridgehead atoms. The second-order valence-electron chi connectivity index (χ2n) is 7.67.